The van der Waals surface area contributed by atoms with Crippen molar-refractivity contribution in [3.8, 4) is 0 Å². The van der Waals surface area contributed by atoms with Crippen LogP contribution in [0.5, 0.6) is 0 Å². The van der Waals surface area contributed by atoms with Crippen molar-refractivity contribution >= 4 is 58.5 Å². The molecule has 0 aromatic heterocycles. The number of rotatable bonds is 6. The maximum absolute atomic E-state index is 10.9. The molecule has 1 aliphatic carbocycles. The third kappa shape index (κ3) is 20.2. The van der Waals surface area contributed by atoms with E-state index in [0.717, 1.165) is 17.1 Å². The van der Waals surface area contributed by atoms with Crippen LogP contribution in [0.25, 0.3) is 0 Å². The first-order chi connectivity index (χ1) is 17.2. The molecule has 4 amide bonds. The van der Waals surface area contributed by atoms with Gasteiger partial charge in [-0.3, -0.25) is 43.3 Å². The van der Waals surface area contributed by atoms with Crippen LogP contribution in [0.15, 0.2) is 24.3 Å². The monoisotopic (exact) mass is 584 g/mol. The van der Waals surface area contributed by atoms with Crippen LogP contribution in [0, 0.1) is 0 Å². The van der Waals surface area contributed by atoms with Crippen LogP contribution < -0.4 is 0 Å². The van der Waals surface area contributed by atoms with E-state index in [1.54, 1.807) is 6.92 Å². The fourth-order valence-corrected chi connectivity index (χ4v) is 2.28. The normalized spacial score (nSPS) is 14.0. The zero-order valence-corrected chi connectivity index (χ0v) is 20.9. The van der Waals surface area contributed by atoms with Gasteiger partial charge in [0.25, 0.3) is 23.6 Å². The van der Waals surface area contributed by atoms with Crippen molar-refractivity contribution in [2.45, 2.75) is 89.5 Å². The average molecular weight is 585 g/mol. The van der Waals surface area contributed by atoms with E-state index in [2.05, 4.69) is 4.84 Å². The number of amides is 4. The third-order valence-electron chi connectivity index (χ3n) is 4.17. The standard InChI is InChI=1S/C8H9NO5.C7H7NO3.C5H4O2.C4H8O.4CH4/c1-5(10)4-8(13)14-9-6(11)2-3-7(9)12;1-5(9)4-8-6(10)2-3-7(8)11;6-4-1-2-5(7)3-4;1-3-4(2)5;;;;/h2-4H2,1H3;2-3H,4H2,1H3;1-2H,3H2;3H2,1-2H3;4*1H4. The topological polar surface area (TPSA) is 186 Å². The van der Waals surface area contributed by atoms with Gasteiger partial charge >= 0.3 is 5.97 Å². The Kier molecular flexibility index (Phi) is 26.6. The first-order valence-electron chi connectivity index (χ1n) is 11.0. The van der Waals surface area contributed by atoms with Crippen molar-refractivity contribution in [1.29, 1.82) is 0 Å². The molecule has 0 unspecified atom stereocenters. The highest BCUT2D eigenvalue weighted by atomic mass is 16.7. The Morgan fingerprint density at radius 2 is 1.07 bits per heavy atom. The summed E-state index contributed by atoms with van der Waals surface area (Å²) in [7, 11) is 0. The molecule has 13 heteroatoms. The Balaban J connectivity index is -0.000000144. The van der Waals surface area contributed by atoms with E-state index >= 15 is 0 Å². The van der Waals surface area contributed by atoms with Crippen LogP contribution in [-0.4, -0.2) is 75.0 Å². The lowest BCUT2D eigenvalue weighted by molar-refractivity contribution is -0.197. The summed E-state index contributed by atoms with van der Waals surface area (Å²) >= 11 is 0. The Hall–Kier alpha value is -4.42. The summed E-state index contributed by atoms with van der Waals surface area (Å²) in [6, 6.07) is 0. The third-order valence-corrected chi connectivity index (χ3v) is 4.17. The van der Waals surface area contributed by atoms with Crippen molar-refractivity contribution in [2.75, 3.05) is 6.54 Å². The van der Waals surface area contributed by atoms with E-state index in [4.69, 9.17) is 0 Å². The molecule has 3 aliphatic rings. The minimum atomic E-state index is -0.888. The molecule has 1 fully saturated rings. The number of hydrogen-bond acceptors (Lipinski definition) is 11. The molecule has 3 rings (SSSR count). The highest BCUT2D eigenvalue weighted by Crippen LogP contribution is 2.12. The van der Waals surface area contributed by atoms with Crippen LogP contribution >= 0.6 is 0 Å². The SMILES string of the molecule is C.C.C.C.CC(=O)CC(=O)ON1C(=O)CCC1=O.CC(=O)CN1C(=O)C=CC1=O.CCC(C)=O.O=C1C=CC(=O)C1. The van der Waals surface area contributed by atoms with Gasteiger partial charge in [0.1, 0.15) is 23.8 Å². The number of carbonyl (C=O) groups is 10. The minimum Gasteiger partial charge on any atom is -0.330 e. The van der Waals surface area contributed by atoms with E-state index in [1.807, 2.05) is 6.92 Å². The van der Waals surface area contributed by atoms with Gasteiger partial charge in [0.05, 0.1) is 13.0 Å². The van der Waals surface area contributed by atoms with Gasteiger partial charge in [0, 0.05) is 31.4 Å². The van der Waals surface area contributed by atoms with Crippen molar-refractivity contribution < 1.29 is 52.8 Å². The average Bonchev–Trinajstić information content (AvgIpc) is 3.44. The van der Waals surface area contributed by atoms with Crippen molar-refractivity contribution in [1.82, 2.24) is 9.96 Å². The molecule has 41 heavy (non-hydrogen) atoms. The molecule has 0 N–H and O–H groups in total. The lowest BCUT2D eigenvalue weighted by Gasteiger charge is -2.11. The summed E-state index contributed by atoms with van der Waals surface area (Å²) < 4.78 is 0. The molecular weight excluding hydrogens is 540 g/mol. The summed E-state index contributed by atoms with van der Waals surface area (Å²) in [6.45, 7) is 5.86. The van der Waals surface area contributed by atoms with Gasteiger partial charge in [-0.1, -0.05) is 36.6 Å². The highest BCUT2D eigenvalue weighted by Gasteiger charge is 2.32. The molecule has 0 atom stereocenters. The molecular formula is C28H44N2O11. The van der Waals surface area contributed by atoms with Crippen LogP contribution in [0.2, 0.25) is 0 Å². The van der Waals surface area contributed by atoms with Crippen molar-refractivity contribution in [3.63, 3.8) is 0 Å². The number of ketones is 5. The Morgan fingerprint density at radius 3 is 1.34 bits per heavy atom. The molecule has 0 spiro atoms. The summed E-state index contributed by atoms with van der Waals surface area (Å²) in [4.78, 5) is 111. The van der Waals surface area contributed by atoms with Crippen LogP contribution in [0.3, 0.4) is 0 Å². The Labute approximate surface area is 241 Å². The largest absolute Gasteiger partial charge is 0.340 e. The minimum absolute atomic E-state index is 0. The van der Waals surface area contributed by atoms with Gasteiger partial charge in [0.2, 0.25) is 0 Å². The van der Waals surface area contributed by atoms with E-state index in [0.29, 0.717) is 11.5 Å². The van der Waals surface area contributed by atoms with Gasteiger partial charge in [-0.15, -0.1) is 5.06 Å². The van der Waals surface area contributed by atoms with Crippen LogP contribution in [0.1, 0.15) is 89.5 Å². The quantitative estimate of drug-likeness (QED) is 0.330. The Morgan fingerprint density at radius 1 is 0.683 bits per heavy atom. The van der Waals surface area contributed by atoms with Gasteiger partial charge in [0.15, 0.2) is 11.6 Å². The van der Waals surface area contributed by atoms with Crippen molar-refractivity contribution in [3.05, 3.63) is 24.3 Å². The summed E-state index contributed by atoms with van der Waals surface area (Å²) in [5.41, 5.74) is 0. The zero-order chi connectivity index (χ0) is 28.7. The first-order valence-corrected chi connectivity index (χ1v) is 11.0. The number of hydroxylamine groups is 2. The van der Waals surface area contributed by atoms with E-state index in [-0.39, 0.29) is 84.4 Å². The number of carbonyl (C=O) groups excluding carboxylic acids is 10. The summed E-state index contributed by atoms with van der Waals surface area (Å²) in [6.07, 6.45) is 5.34. The number of nitrogens with zero attached hydrogens (tertiary/aromatic N) is 2. The lowest BCUT2D eigenvalue weighted by Crippen LogP contribution is -2.34. The number of hydrogen-bond donors (Lipinski definition) is 0. The maximum atomic E-state index is 10.9. The molecule has 0 saturated carbocycles. The summed E-state index contributed by atoms with van der Waals surface area (Å²) in [5.74, 6) is -3.29. The molecule has 0 aromatic carbocycles. The second-order valence-corrected chi connectivity index (χ2v) is 7.72. The summed E-state index contributed by atoms with van der Waals surface area (Å²) in [5, 5.41) is 0.422. The second kappa shape index (κ2) is 23.5. The van der Waals surface area contributed by atoms with Crippen LogP contribution in [0.4, 0.5) is 0 Å². The molecule has 1 saturated heterocycles. The lowest BCUT2D eigenvalue weighted by atomic mass is 10.3. The first kappa shape index (κ1) is 46.4. The van der Waals surface area contributed by atoms with Crippen molar-refractivity contribution in [2.24, 2.45) is 0 Å². The number of Topliss-reactive ketones (excluding diaryl/α,β-unsaturated/α-hetero) is 3. The molecule has 232 valence electrons. The van der Waals surface area contributed by atoms with E-state index < -0.39 is 36.0 Å². The fourth-order valence-electron chi connectivity index (χ4n) is 2.28. The van der Waals surface area contributed by atoms with Gasteiger partial charge in [-0.25, -0.2) is 4.79 Å². The zero-order valence-electron chi connectivity index (χ0n) is 20.9. The smallest absolute Gasteiger partial charge is 0.330 e. The maximum Gasteiger partial charge on any atom is 0.340 e. The molecule has 0 radical (unpaired) electrons. The Bertz CT molecular complexity index is 1010. The van der Waals surface area contributed by atoms with Crippen LogP contribution in [-0.2, 0) is 52.8 Å². The highest BCUT2D eigenvalue weighted by molar-refractivity contribution is 6.16. The van der Waals surface area contributed by atoms with E-state index in [9.17, 15) is 47.9 Å². The second-order valence-electron chi connectivity index (χ2n) is 7.72. The van der Waals surface area contributed by atoms with E-state index in [1.165, 1.54) is 26.0 Å². The molecule has 0 bridgehead atoms. The molecule has 13 nitrogen and oxygen atoms in total. The molecule has 2 heterocycles. The van der Waals surface area contributed by atoms with Gasteiger partial charge in [-0.2, -0.15) is 0 Å². The fraction of sp³-hybridized carbons (Fsp3) is 0.500. The predicted octanol–water partition coefficient (Wildman–Crippen LogP) is 2.69. The predicted molar refractivity (Wildman–Crippen MR) is 151 cm³/mol. The molecule has 0 aromatic rings. The number of allylic oxidation sites excluding steroid dienone is 2. The van der Waals surface area contributed by atoms with Gasteiger partial charge in [-0.05, 0) is 32.9 Å². The van der Waals surface area contributed by atoms with Gasteiger partial charge < -0.3 is 9.63 Å². The molecule has 2 aliphatic heterocycles. The number of imide groups is 2.